The Morgan fingerprint density at radius 3 is 2.27 bits per heavy atom. The molecular formula is C9H11ClFNO2S. The van der Waals surface area contributed by atoms with E-state index in [9.17, 15) is 12.8 Å². The van der Waals surface area contributed by atoms with E-state index < -0.39 is 21.1 Å². The van der Waals surface area contributed by atoms with Crippen molar-refractivity contribution in [2.45, 2.75) is 6.92 Å². The largest absolute Gasteiger partial charge is 0.270 e. The Bertz CT molecular complexity index is 418. The lowest BCUT2D eigenvalue weighted by molar-refractivity contribution is 0.596. The summed E-state index contributed by atoms with van der Waals surface area (Å²) in [5, 5.41) is -0.488. The Labute approximate surface area is 93.5 Å². The normalized spacial score (nSPS) is 11.4. The van der Waals surface area contributed by atoms with Crippen LogP contribution in [-0.2, 0) is 10.0 Å². The molecule has 0 aromatic heterocycles. The third kappa shape index (κ3) is 2.82. The molecule has 0 saturated carbocycles. The van der Waals surface area contributed by atoms with Crippen molar-refractivity contribution in [1.82, 2.24) is 0 Å². The molecular weight excluding hydrogens is 241 g/mol. The Hall–Kier alpha value is -0.810. The number of halogens is 2. The molecule has 1 aromatic carbocycles. The minimum absolute atomic E-state index is 0.265. The maximum atomic E-state index is 12.6. The topological polar surface area (TPSA) is 37.4 Å². The van der Waals surface area contributed by atoms with Crippen LogP contribution in [0.5, 0.6) is 0 Å². The van der Waals surface area contributed by atoms with E-state index in [0.29, 0.717) is 5.69 Å². The molecule has 0 aliphatic carbocycles. The van der Waals surface area contributed by atoms with Gasteiger partial charge in [-0.15, -0.1) is 11.6 Å². The van der Waals surface area contributed by atoms with Crippen LogP contribution in [-0.4, -0.2) is 20.2 Å². The van der Waals surface area contributed by atoms with E-state index in [0.717, 1.165) is 4.31 Å². The second kappa shape index (κ2) is 4.81. The van der Waals surface area contributed by atoms with Crippen LogP contribution in [0.2, 0.25) is 0 Å². The molecule has 0 unspecified atom stereocenters. The fourth-order valence-corrected chi connectivity index (χ4v) is 2.51. The lowest BCUT2D eigenvalue weighted by Crippen LogP contribution is -2.31. The van der Waals surface area contributed by atoms with Gasteiger partial charge in [0.05, 0.1) is 5.69 Å². The molecule has 1 rings (SSSR count). The van der Waals surface area contributed by atoms with Gasteiger partial charge in [-0.25, -0.2) is 12.8 Å². The molecule has 0 fully saturated rings. The zero-order valence-corrected chi connectivity index (χ0v) is 9.72. The van der Waals surface area contributed by atoms with Crippen LogP contribution in [0.15, 0.2) is 24.3 Å². The number of benzene rings is 1. The van der Waals surface area contributed by atoms with Crippen LogP contribution in [0, 0.1) is 5.82 Å². The average molecular weight is 252 g/mol. The van der Waals surface area contributed by atoms with Crippen LogP contribution in [0.25, 0.3) is 0 Å². The molecule has 0 aliphatic rings. The van der Waals surface area contributed by atoms with Crippen molar-refractivity contribution in [1.29, 1.82) is 0 Å². The van der Waals surface area contributed by atoms with E-state index in [-0.39, 0.29) is 6.54 Å². The van der Waals surface area contributed by atoms with Crippen molar-refractivity contribution < 1.29 is 12.8 Å². The fourth-order valence-electron chi connectivity index (χ4n) is 1.21. The summed E-state index contributed by atoms with van der Waals surface area (Å²) in [6.07, 6.45) is 0. The predicted molar refractivity (Wildman–Crippen MR) is 59.1 cm³/mol. The molecule has 0 aliphatic heterocycles. The lowest BCUT2D eigenvalue weighted by Gasteiger charge is -2.21. The Kier molecular flexibility index (Phi) is 3.93. The van der Waals surface area contributed by atoms with E-state index in [1.54, 1.807) is 6.92 Å². The van der Waals surface area contributed by atoms with Gasteiger partial charge in [-0.05, 0) is 31.2 Å². The van der Waals surface area contributed by atoms with E-state index in [1.165, 1.54) is 24.3 Å². The molecule has 15 heavy (non-hydrogen) atoms. The van der Waals surface area contributed by atoms with Gasteiger partial charge in [0.1, 0.15) is 11.0 Å². The monoisotopic (exact) mass is 251 g/mol. The van der Waals surface area contributed by atoms with Crippen molar-refractivity contribution in [2.75, 3.05) is 16.1 Å². The average Bonchev–Trinajstić information content (AvgIpc) is 2.22. The summed E-state index contributed by atoms with van der Waals surface area (Å²) in [7, 11) is -3.50. The first-order valence-electron chi connectivity index (χ1n) is 4.33. The minimum atomic E-state index is -3.50. The number of hydrogen-bond donors (Lipinski definition) is 0. The number of nitrogens with zero attached hydrogens (tertiary/aromatic N) is 1. The first-order valence-corrected chi connectivity index (χ1v) is 6.47. The maximum Gasteiger partial charge on any atom is 0.249 e. The van der Waals surface area contributed by atoms with Crippen molar-refractivity contribution in [3.05, 3.63) is 30.1 Å². The van der Waals surface area contributed by atoms with E-state index in [4.69, 9.17) is 11.6 Å². The fraction of sp³-hybridized carbons (Fsp3) is 0.333. The van der Waals surface area contributed by atoms with Crippen LogP contribution in [0.4, 0.5) is 10.1 Å². The summed E-state index contributed by atoms with van der Waals surface area (Å²) >= 11 is 5.34. The highest BCUT2D eigenvalue weighted by Gasteiger charge is 2.19. The van der Waals surface area contributed by atoms with Crippen LogP contribution < -0.4 is 4.31 Å². The van der Waals surface area contributed by atoms with Gasteiger partial charge in [0.25, 0.3) is 0 Å². The van der Waals surface area contributed by atoms with Gasteiger partial charge in [-0.2, -0.15) is 0 Å². The summed E-state index contributed by atoms with van der Waals surface area (Å²) < 4.78 is 36.8. The van der Waals surface area contributed by atoms with Crippen LogP contribution in [0.1, 0.15) is 6.92 Å². The highest BCUT2D eigenvalue weighted by Crippen LogP contribution is 2.18. The quantitative estimate of drug-likeness (QED) is 0.770. The summed E-state index contributed by atoms with van der Waals surface area (Å²) in [6, 6.07) is 5.23. The second-order valence-corrected chi connectivity index (χ2v) is 5.34. The Balaban J connectivity index is 3.09. The first-order chi connectivity index (χ1) is 7.01. The maximum absolute atomic E-state index is 12.6. The van der Waals surface area contributed by atoms with Crippen molar-refractivity contribution in [3.8, 4) is 0 Å². The van der Waals surface area contributed by atoms with Gasteiger partial charge in [-0.1, -0.05) is 0 Å². The van der Waals surface area contributed by atoms with Gasteiger partial charge in [0, 0.05) is 6.54 Å². The molecule has 6 heteroatoms. The number of sulfonamides is 1. The van der Waals surface area contributed by atoms with Gasteiger partial charge in [0.15, 0.2) is 0 Å². The van der Waals surface area contributed by atoms with Gasteiger partial charge in [0.2, 0.25) is 10.0 Å². The van der Waals surface area contributed by atoms with Crippen LogP contribution >= 0.6 is 11.6 Å². The molecule has 0 amide bonds. The van der Waals surface area contributed by atoms with Crippen molar-refractivity contribution >= 4 is 27.3 Å². The number of hydrogen-bond acceptors (Lipinski definition) is 2. The number of alkyl halides is 1. The molecule has 1 aromatic rings. The standard InChI is InChI=1S/C9H11ClFNO2S/c1-2-12(15(13,14)7-10)9-5-3-8(11)4-6-9/h3-6H,2,7H2,1H3. The lowest BCUT2D eigenvalue weighted by atomic mass is 10.3. The number of anilines is 1. The SMILES string of the molecule is CCN(c1ccc(F)cc1)S(=O)(=O)CCl. The molecule has 3 nitrogen and oxygen atoms in total. The third-order valence-electron chi connectivity index (χ3n) is 1.88. The molecule has 84 valence electrons. The Morgan fingerprint density at radius 2 is 1.87 bits per heavy atom. The third-order valence-corrected chi connectivity index (χ3v) is 4.12. The van der Waals surface area contributed by atoms with E-state index in [1.807, 2.05) is 0 Å². The molecule has 0 heterocycles. The Morgan fingerprint density at radius 1 is 1.33 bits per heavy atom. The zero-order chi connectivity index (χ0) is 11.5. The number of rotatable bonds is 4. The summed E-state index contributed by atoms with van der Waals surface area (Å²) in [4.78, 5) is 0. The summed E-state index contributed by atoms with van der Waals surface area (Å²) in [5.41, 5.74) is 0.416. The zero-order valence-electron chi connectivity index (χ0n) is 8.15. The summed E-state index contributed by atoms with van der Waals surface area (Å²) in [6.45, 7) is 1.95. The highest BCUT2D eigenvalue weighted by atomic mass is 35.5. The van der Waals surface area contributed by atoms with Gasteiger partial charge in [-0.3, -0.25) is 4.31 Å². The molecule has 0 atom stereocenters. The van der Waals surface area contributed by atoms with E-state index in [2.05, 4.69) is 0 Å². The first kappa shape index (κ1) is 12.3. The molecule has 0 bridgehead atoms. The van der Waals surface area contributed by atoms with Gasteiger partial charge >= 0.3 is 0 Å². The van der Waals surface area contributed by atoms with Crippen molar-refractivity contribution in [3.63, 3.8) is 0 Å². The summed E-state index contributed by atoms with van der Waals surface area (Å²) in [5.74, 6) is -0.405. The van der Waals surface area contributed by atoms with Crippen LogP contribution in [0.3, 0.4) is 0 Å². The molecule has 0 spiro atoms. The smallest absolute Gasteiger partial charge is 0.249 e. The molecule has 0 N–H and O–H groups in total. The highest BCUT2D eigenvalue weighted by molar-refractivity contribution is 7.93. The molecule has 0 radical (unpaired) electrons. The van der Waals surface area contributed by atoms with Gasteiger partial charge < -0.3 is 0 Å². The molecule has 0 saturated heterocycles. The predicted octanol–water partition coefficient (Wildman–Crippen LogP) is 2.18. The van der Waals surface area contributed by atoms with E-state index >= 15 is 0 Å². The minimum Gasteiger partial charge on any atom is -0.270 e. The van der Waals surface area contributed by atoms with Crippen molar-refractivity contribution in [2.24, 2.45) is 0 Å². The second-order valence-electron chi connectivity index (χ2n) is 2.86.